The Bertz CT molecular complexity index is 434. The van der Waals surface area contributed by atoms with Gasteiger partial charge in [0.1, 0.15) is 0 Å². The second kappa shape index (κ2) is 4.57. The molecule has 5 heteroatoms. The van der Waals surface area contributed by atoms with Crippen LogP contribution in [0, 0.1) is 6.92 Å². The summed E-state index contributed by atoms with van der Waals surface area (Å²) in [5.41, 5.74) is 1.79. The number of carbonyl (C=O) groups is 2. The minimum absolute atomic E-state index is 0.176. The number of thioether (sulfide) groups is 1. The molecule has 4 nitrogen and oxygen atoms in total. The summed E-state index contributed by atoms with van der Waals surface area (Å²) in [7, 11) is 0. The Labute approximate surface area is 98.0 Å². The molecule has 1 aliphatic rings. The van der Waals surface area contributed by atoms with Crippen LogP contribution in [-0.2, 0) is 0 Å². The van der Waals surface area contributed by atoms with Crippen LogP contribution in [-0.4, -0.2) is 28.5 Å². The normalized spacial score (nSPS) is 15.3. The molecule has 2 rings (SSSR count). The van der Waals surface area contributed by atoms with Gasteiger partial charge in [0.15, 0.2) is 0 Å². The van der Waals surface area contributed by atoms with Gasteiger partial charge in [0.2, 0.25) is 0 Å². The van der Waals surface area contributed by atoms with E-state index in [-0.39, 0.29) is 11.3 Å². The molecule has 0 saturated carbocycles. The maximum absolute atomic E-state index is 11.7. The van der Waals surface area contributed by atoms with Gasteiger partial charge in [-0.15, -0.1) is 0 Å². The minimum atomic E-state index is -0.347. The summed E-state index contributed by atoms with van der Waals surface area (Å²) in [6, 6.07) is 7.14. The SMILES string of the molecule is Cc1cccc(NC(=O)N2CCSC2=O)c1. The number of urea groups is 1. The molecule has 1 heterocycles. The van der Waals surface area contributed by atoms with Gasteiger partial charge in [-0.25, -0.2) is 4.79 Å². The van der Waals surface area contributed by atoms with Crippen LogP contribution in [0.4, 0.5) is 15.3 Å². The molecule has 0 aromatic heterocycles. The van der Waals surface area contributed by atoms with Gasteiger partial charge in [-0.05, 0) is 24.6 Å². The molecule has 3 amide bonds. The van der Waals surface area contributed by atoms with E-state index in [4.69, 9.17) is 0 Å². The first-order valence-electron chi connectivity index (χ1n) is 4.99. The Kier molecular flexibility index (Phi) is 3.14. The van der Waals surface area contributed by atoms with Crippen LogP contribution >= 0.6 is 11.8 Å². The zero-order valence-electron chi connectivity index (χ0n) is 8.90. The van der Waals surface area contributed by atoms with Crippen molar-refractivity contribution < 1.29 is 9.59 Å². The van der Waals surface area contributed by atoms with Gasteiger partial charge in [-0.3, -0.25) is 9.69 Å². The zero-order valence-corrected chi connectivity index (χ0v) is 9.71. The molecule has 0 unspecified atom stereocenters. The van der Waals surface area contributed by atoms with E-state index in [1.54, 1.807) is 6.07 Å². The summed E-state index contributed by atoms with van der Waals surface area (Å²) >= 11 is 1.17. The average Bonchev–Trinajstić information content (AvgIpc) is 2.64. The van der Waals surface area contributed by atoms with E-state index in [2.05, 4.69) is 5.32 Å². The van der Waals surface area contributed by atoms with E-state index >= 15 is 0 Å². The molecular formula is C11H12N2O2S. The number of imide groups is 1. The minimum Gasteiger partial charge on any atom is -0.307 e. The van der Waals surface area contributed by atoms with Crippen LogP contribution in [0.5, 0.6) is 0 Å². The van der Waals surface area contributed by atoms with Crippen LogP contribution in [0.15, 0.2) is 24.3 Å². The highest BCUT2D eigenvalue weighted by Gasteiger charge is 2.27. The maximum atomic E-state index is 11.7. The predicted molar refractivity (Wildman–Crippen MR) is 64.8 cm³/mol. The number of rotatable bonds is 1. The van der Waals surface area contributed by atoms with Crippen LogP contribution in [0.25, 0.3) is 0 Å². The van der Waals surface area contributed by atoms with Gasteiger partial charge in [0.05, 0.1) is 0 Å². The van der Waals surface area contributed by atoms with Crippen molar-refractivity contribution in [3.63, 3.8) is 0 Å². The number of anilines is 1. The van der Waals surface area contributed by atoms with Gasteiger partial charge >= 0.3 is 6.03 Å². The van der Waals surface area contributed by atoms with Crippen molar-refractivity contribution in [3.05, 3.63) is 29.8 Å². The first kappa shape index (κ1) is 11.0. The Balaban J connectivity index is 2.04. The maximum Gasteiger partial charge on any atom is 0.329 e. The quantitative estimate of drug-likeness (QED) is 0.815. The second-order valence-electron chi connectivity index (χ2n) is 3.57. The number of benzene rings is 1. The van der Waals surface area contributed by atoms with Crippen molar-refractivity contribution in [2.75, 3.05) is 17.6 Å². The third-order valence-corrected chi connectivity index (χ3v) is 3.13. The largest absolute Gasteiger partial charge is 0.329 e. The molecule has 84 valence electrons. The standard InChI is InChI=1S/C11H12N2O2S/c1-8-3-2-4-9(7-8)12-10(14)13-5-6-16-11(13)15/h2-4,7H,5-6H2,1H3,(H,12,14). The van der Waals surface area contributed by atoms with E-state index in [9.17, 15) is 9.59 Å². The summed E-state index contributed by atoms with van der Waals surface area (Å²) in [6.45, 7) is 2.44. The van der Waals surface area contributed by atoms with Gasteiger partial charge in [0, 0.05) is 18.0 Å². The molecule has 16 heavy (non-hydrogen) atoms. The number of aryl methyl sites for hydroxylation is 1. The zero-order chi connectivity index (χ0) is 11.5. The van der Waals surface area contributed by atoms with Gasteiger partial charge in [-0.2, -0.15) is 0 Å². The molecule has 1 N–H and O–H groups in total. The van der Waals surface area contributed by atoms with Gasteiger partial charge in [-0.1, -0.05) is 23.9 Å². The van der Waals surface area contributed by atoms with E-state index in [0.717, 1.165) is 11.3 Å². The number of nitrogens with one attached hydrogen (secondary N) is 1. The molecule has 0 bridgehead atoms. The highest BCUT2D eigenvalue weighted by Crippen LogP contribution is 2.19. The predicted octanol–water partition coefficient (Wildman–Crippen LogP) is 2.70. The van der Waals surface area contributed by atoms with Crippen LogP contribution in [0.1, 0.15) is 5.56 Å². The summed E-state index contributed by atoms with van der Waals surface area (Å²) in [5, 5.41) is 2.53. The number of carbonyl (C=O) groups excluding carboxylic acids is 2. The number of hydrogen-bond donors (Lipinski definition) is 1. The van der Waals surface area contributed by atoms with E-state index in [1.165, 1.54) is 16.7 Å². The van der Waals surface area contributed by atoms with Crippen LogP contribution < -0.4 is 5.32 Å². The fourth-order valence-electron chi connectivity index (χ4n) is 1.49. The third-order valence-electron chi connectivity index (χ3n) is 2.28. The number of amides is 3. The van der Waals surface area contributed by atoms with Crippen molar-refractivity contribution >= 4 is 28.7 Å². The molecule has 1 fully saturated rings. The third kappa shape index (κ3) is 2.36. The Morgan fingerprint density at radius 1 is 1.50 bits per heavy atom. The number of hydrogen-bond acceptors (Lipinski definition) is 3. The van der Waals surface area contributed by atoms with Gasteiger partial charge in [0.25, 0.3) is 5.24 Å². The molecule has 0 aliphatic carbocycles. The Hall–Kier alpha value is -1.49. The molecule has 0 atom stereocenters. The van der Waals surface area contributed by atoms with E-state index in [1.807, 2.05) is 25.1 Å². The lowest BCUT2D eigenvalue weighted by atomic mass is 10.2. The molecular weight excluding hydrogens is 224 g/mol. The van der Waals surface area contributed by atoms with E-state index in [0.29, 0.717) is 12.3 Å². The fourth-order valence-corrected chi connectivity index (χ4v) is 2.27. The lowest BCUT2D eigenvalue weighted by Gasteiger charge is -2.13. The lowest BCUT2D eigenvalue weighted by Crippen LogP contribution is -2.34. The highest BCUT2D eigenvalue weighted by atomic mass is 32.2. The molecule has 0 spiro atoms. The number of nitrogens with zero attached hydrogens (tertiary/aromatic N) is 1. The molecule has 1 aromatic carbocycles. The molecule has 1 aromatic rings. The summed E-state index contributed by atoms with van der Waals surface area (Å²) in [6.07, 6.45) is 0. The van der Waals surface area contributed by atoms with Gasteiger partial charge < -0.3 is 5.32 Å². The summed E-state index contributed by atoms with van der Waals surface area (Å²) in [5.74, 6) is 0.681. The first-order valence-corrected chi connectivity index (χ1v) is 5.97. The summed E-state index contributed by atoms with van der Waals surface area (Å²) in [4.78, 5) is 24.2. The molecule has 0 radical (unpaired) electrons. The molecule has 1 aliphatic heterocycles. The highest BCUT2D eigenvalue weighted by molar-refractivity contribution is 8.13. The van der Waals surface area contributed by atoms with Crippen molar-refractivity contribution in [1.82, 2.24) is 4.90 Å². The average molecular weight is 236 g/mol. The monoisotopic (exact) mass is 236 g/mol. The smallest absolute Gasteiger partial charge is 0.307 e. The van der Waals surface area contributed by atoms with Crippen LogP contribution in [0.3, 0.4) is 0 Å². The van der Waals surface area contributed by atoms with Crippen molar-refractivity contribution in [2.45, 2.75) is 6.92 Å². The topological polar surface area (TPSA) is 49.4 Å². The van der Waals surface area contributed by atoms with Crippen LogP contribution in [0.2, 0.25) is 0 Å². The first-order chi connectivity index (χ1) is 7.66. The second-order valence-corrected chi connectivity index (χ2v) is 4.61. The molecule has 1 saturated heterocycles. The Morgan fingerprint density at radius 3 is 2.94 bits per heavy atom. The summed E-state index contributed by atoms with van der Waals surface area (Å²) < 4.78 is 0. The van der Waals surface area contributed by atoms with E-state index < -0.39 is 0 Å². The Morgan fingerprint density at radius 2 is 2.31 bits per heavy atom. The lowest BCUT2D eigenvalue weighted by molar-refractivity contribution is 0.213. The fraction of sp³-hybridized carbons (Fsp3) is 0.273. The van der Waals surface area contributed by atoms with Crippen molar-refractivity contribution in [1.29, 1.82) is 0 Å². The van der Waals surface area contributed by atoms with Crippen molar-refractivity contribution in [2.24, 2.45) is 0 Å². The van der Waals surface area contributed by atoms with Crippen molar-refractivity contribution in [3.8, 4) is 0 Å².